The number of carbonyl (C=O) groups is 1. The van der Waals surface area contributed by atoms with Crippen molar-refractivity contribution in [1.29, 1.82) is 0 Å². The Bertz CT molecular complexity index is 530. The summed E-state index contributed by atoms with van der Waals surface area (Å²) in [6.07, 6.45) is 1.37. The van der Waals surface area contributed by atoms with Gasteiger partial charge in [-0.1, -0.05) is 0 Å². The highest BCUT2D eigenvalue weighted by Crippen LogP contribution is 2.32. The maximum Gasteiger partial charge on any atom is 0.277 e. The number of aromatic nitrogens is 3. The van der Waals surface area contributed by atoms with Crippen molar-refractivity contribution in [3.8, 4) is 0 Å². The molecule has 2 N–H and O–H groups in total. The lowest BCUT2D eigenvalue weighted by Gasteiger charge is -2.09. The van der Waals surface area contributed by atoms with E-state index in [9.17, 15) is 4.79 Å². The van der Waals surface area contributed by atoms with Gasteiger partial charge in [-0.3, -0.25) is 4.79 Å². The summed E-state index contributed by atoms with van der Waals surface area (Å²) in [5.74, 6) is -0.316. The van der Waals surface area contributed by atoms with Crippen molar-refractivity contribution >= 4 is 43.5 Å². The first-order chi connectivity index (χ1) is 8.08. The Morgan fingerprint density at radius 1 is 1.35 bits per heavy atom. The van der Waals surface area contributed by atoms with Crippen LogP contribution in [-0.2, 0) is 0 Å². The van der Waals surface area contributed by atoms with Crippen LogP contribution in [0.25, 0.3) is 0 Å². The average molecular weight is 360 g/mol. The third kappa shape index (κ3) is 2.73. The summed E-state index contributed by atoms with van der Waals surface area (Å²) in [5, 5.41) is 12.4. The highest BCUT2D eigenvalue weighted by atomic mass is 79.9. The van der Waals surface area contributed by atoms with Crippen molar-refractivity contribution in [1.82, 2.24) is 15.4 Å². The molecule has 0 atom stereocenters. The van der Waals surface area contributed by atoms with E-state index in [0.29, 0.717) is 5.69 Å². The smallest absolute Gasteiger partial charge is 0.277 e. The second-order valence-corrected chi connectivity index (χ2v) is 5.12. The number of hydrogen-bond acceptors (Lipinski definition) is 3. The van der Waals surface area contributed by atoms with E-state index >= 15 is 0 Å². The number of aryl methyl sites for hydroxylation is 1. The van der Waals surface area contributed by atoms with E-state index in [4.69, 9.17) is 0 Å². The standard InChI is InChI=1S/C10H8Br2N4O/c1-5-2-6(11)9(7(12)3-5)14-10(17)8-4-13-16-15-8/h2-4H,1H3,(H,14,17)(H,13,15,16). The quantitative estimate of drug-likeness (QED) is 0.866. The van der Waals surface area contributed by atoms with Crippen LogP contribution in [0.3, 0.4) is 0 Å². The van der Waals surface area contributed by atoms with Gasteiger partial charge in [0.05, 0.1) is 11.9 Å². The van der Waals surface area contributed by atoms with Gasteiger partial charge in [-0.05, 0) is 56.5 Å². The van der Waals surface area contributed by atoms with Crippen LogP contribution in [-0.4, -0.2) is 21.3 Å². The van der Waals surface area contributed by atoms with Crippen LogP contribution in [0.15, 0.2) is 27.3 Å². The van der Waals surface area contributed by atoms with Crippen molar-refractivity contribution in [2.75, 3.05) is 5.32 Å². The highest BCUT2D eigenvalue weighted by Gasteiger charge is 2.13. The predicted molar refractivity (Wildman–Crippen MR) is 70.9 cm³/mol. The number of halogens is 2. The number of rotatable bonds is 2. The summed E-state index contributed by atoms with van der Waals surface area (Å²) in [7, 11) is 0. The zero-order chi connectivity index (χ0) is 12.4. The lowest BCUT2D eigenvalue weighted by Crippen LogP contribution is -2.13. The van der Waals surface area contributed by atoms with Gasteiger partial charge in [-0.2, -0.15) is 15.4 Å². The number of H-pyrrole nitrogens is 1. The van der Waals surface area contributed by atoms with Gasteiger partial charge in [-0.15, -0.1) is 0 Å². The predicted octanol–water partition coefficient (Wildman–Crippen LogP) is 2.89. The summed E-state index contributed by atoms with van der Waals surface area (Å²) in [4.78, 5) is 11.8. The van der Waals surface area contributed by atoms with Crippen LogP contribution < -0.4 is 5.32 Å². The Kier molecular flexibility index (Phi) is 3.58. The number of nitrogens with one attached hydrogen (secondary N) is 2. The molecule has 0 fully saturated rings. The fourth-order valence-corrected chi connectivity index (χ4v) is 2.92. The van der Waals surface area contributed by atoms with Crippen LogP contribution in [0, 0.1) is 6.92 Å². The first-order valence-electron chi connectivity index (χ1n) is 4.70. The minimum Gasteiger partial charge on any atom is -0.319 e. The van der Waals surface area contributed by atoms with E-state index in [1.807, 2.05) is 19.1 Å². The third-order valence-corrected chi connectivity index (χ3v) is 3.32. The lowest BCUT2D eigenvalue weighted by molar-refractivity contribution is 0.102. The fraction of sp³-hybridized carbons (Fsp3) is 0.100. The molecule has 0 aliphatic carbocycles. The monoisotopic (exact) mass is 358 g/mol. The van der Waals surface area contributed by atoms with Crippen LogP contribution >= 0.6 is 31.9 Å². The van der Waals surface area contributed by atoms with Crippen molar-refractivity contribution < 1.29 is 4.79 Å². The van der Waals surface area contributed by atoms with E-state index < -0.39 is 0 Å². The zero-order valence-electron chi connectivity index (χ0n) is 8.79. The van der Waals surface area contributed by atoms with Crippen LogP contribution in [0.5, 0.6) is 0 Å². The van der Waals surface area contributed by atoms with Gasteiger partial charge >= 0.3 is 0 Å². The van der Waals surface area contributed by atoms with E-state index in [2.05, 4.69) is 52.6 Å². The van der Waals surface area contributed by atoms with Gasteiger partial charge < -0.3 is 5.32 Å². The third-order valence-electron chi connectivity index (χ3n) is 2.07. The topological polar surface area (TPSA) is 70.7 Å². The molecular formula is C10H8Br2N4O. The number of anilines is 1. The first kappa shape index (κ1) is 12.3. The molecule has 0 saturated heterocycles. The second kappa shape index (κ2) is 4.97. The summed E-state index contributed by atoms with van der Waals surface area (Å²) in [6.45, 7) is 1.97. The molecular weight excluding hydrogens is 352 g/mol. The van der Waals surface area contributed by atoms with Crippen molar-refractivity contribution in [2.24, 2.45) is 0 Å². The molecule has 5 nitrogen and oxygen atoms in total. The number of benzene rings is 1. The molecule has 17 heavy (non-hydrogen) atoms. The molecule has 1 aromatic heterocycles. The van der Waals surface area contributed by atoms with Gasteiger partial charge in [0.25, 0.3) is 5.91 Å². The molecule has 0 unspecified atom stereocenters. The average Bonchev–Trinajstić information content (AvgIpc) is 2.76. The number of amides is 1. The molecule has 0 aliphatic heterocycles. The molecule has 1 amide bonds. The summed E-state index contributed by atoms with van der Waals surface area (Å²) in [6, 6.07) is 3.84. The lowest BCUT2D eigenvalue weighted by atomic mass is 10.2. The van der Waals surface area contributed by atoms with Crippen LogP contribution in [0.1, 0.15) is 16.1 Å². The van der Waals surface area contributed by atoms with Crippen molar-refractivity contribution in [3.63, 3.8) is 0 Å². The second-order valence-electron chi connectivity index (χ2n) is 3.41. The molecule has 1 heterocycles. The van der Waals surface area contributed by atoms with Gasteiger partial charge in [0.2, 0.25) is 0 Å². The van der Waals surface area contributed by atoms with E-state index in [1.54, 1.807) is 0 Å². The number of hydrogen-bond donors (Lipinski definition) is 2. The molecule has 0 bridgehead atoms. The Morgan fingerprint density at radius 2 is 2.00 bits per heavy atom. The number of carbonyl (C=O) groups excluding carboxylic acids is 1. The number of aromatic amines is 1. The minimum absolute atomic E-state index is 0.240. The van der Waals surface area contributed by atoms with Crippen LogP contribution in [0.2, 0.25) is 0 Å². The Balaban J connectivity index is 2.28. The van der Waals surface area contributed by atoms with Crippen molar-refractivity contribution in [3.05, 3.63) is 38.5 Å². The van der Waals surface area contributed by atoms with Gasteiger partial charge in [0.15, 0.2) is 5.69 Å². The molecule has 0 saturated carbocycles. The molecule has 2 rings (SSSR count). The van der Waals surface area contributed by atoms with Crippen LogP contribution in [0.4, 0.5) is 5.69 Å². The van der Waals surface area contributed by atoms with Gasteiger partial charge in [0.1, 0.15) is 0 Å². The molecule has 1 aromatic carbocycles. The molecule has 0 aliphatic rings. The van der Waals surface area contributed by atoms with Gasteiger partial charge in [-0.25, -0.2) is 0 Å². The van der Waals surface area contributed by atoms with E-state index in [-0.39, 0.29) is 11.6 Å². The van der Waals surface area contributed by atoms with E-state index in [1.165, 1.54) is 6.20 Å². The summed E-state index contributed by atoms with van der Waals surface area (Å²) in [5.41, 5.74) is 2.00. The maximum absolute atomic E-state index is 11.8. The van der Waals surface area contributed by atoms with Gasteiger partial charge in [0, 0.05) is 8.95 Å². The zero-order valence-corrected chi connectivity index (χ0v) is 12.0. The van der Waals surface area contributed by atoms with Crippen molar-refractivity contribution in [2.45, 2.75) is 6.92 Å². The summed E-state index contributed by atoms with van der Waals surface area (Å²) >= 11 is 6.80. The molecule has 7 heteroatoms. The molecule has 0 spiro atoms. The fourth-order valence-electron chi connectivity index (χ4n) is 1.31. The SMILES string of the molecule is Cc1cc(Br)c(NC(=O)c2cn[nH]n2)c(Br)c1. The first-order valence-corrected chi connectivity index (χ1v) is 6.29. The largest absolute Gasteiger partial charge is 0.319 e. The normalized spacial score (nSPS) is 10.3. The maximum atomic E-state index is 11.8. The summed E-state index contributed by atoms with van der Waals surface area (Å²) < 4.78 is 1.61. The Hall–Kier alpha value is -1.21. The number of nitrogens with zero attached hydrogens (tertiary/aromatic N) is 2. The highest BCUT2D eigenvalue weighted by molar-refractivity contribution is 9.11. The Morgan fingerprint density at radius 3 is 2.53 bits per heavy atom. The molecule has 2 aromatic rings. The molecule has 0 radical (unpaired) electrons. The minimum atomic E-state index is -0.316. The Labute approximate surface area is 114 Å². The van der Waals surface area contributed by atoms with E-state index in [0.717, 1.165) is 14.5 Å². The molecule has 88 valence electrons.